The molecule has 1 heterocycles. The number of nitrogens with zero attached hydrogens (tertiary/aromatic N) is 3. The molecule has 3 aromatic carbocycles. The molecule has 0 radical (unpaired) electrons. The highest BCUT2D eigenvalue weighted by Crippen LogP contribution is 2.40. The molecule has 0 amide bonds. The topological polar surface area (TPSA) is 93.8 Å². The van der Waals surface area contributed by atoms with Crippen molar-refractivity contribution < 1.29 is 31.3 Å². The average Bonchev–Trinajstić information content (AvgIpc) is 3.25. The fourth-order valence-electron chi connectivity index (χ4n) is 4.05. The summed E-state index contributed by atoms with van der Waals surface area (Å²) in [6.45, 7) is 0. The Morgan fingerprint density at radius 2 is 1.55 bits per heavy atom. The quantitative estimate of drug-likeness (QED) is 0.0973. The van der Waals surface area contributed by atoms with Crippen molar-refractivity contribution in [3.05, 3.63) is 110 Å². The van der Waals surface area contributed by atoms with Gasteiger partial charge < -0.3 is 0 Å². The summed E-state index contributed by atoms with van der Waals surface area (Å²) in [4.78, 5) is 22.6. The maximum atomic E-state index is 14.1. The number of unbranched alkanes of at least 4 members (excludes halogenated alkanes) is 1. The lowest BCUT2D eigenvalue weighted by atomic mass is 10.0. The first-order chi connectivity index (χ1) is 18.8. The number of hydrogen-bond acceptors (Lipinski definition) is 5. The summed E-state index contributed by atoms with van der Waals surface area (Å²) in [7, 11) is 0. The lowest BCUT2D eigenvalue weighted by Gasteiger charge is -2.16. The number of alkyl halides is 6. The van der Waals surface area contributed by atoms with Crippen molar-refractivity contribution in [3.8, 4) is 5.69 Å². The Morgan fingerprint density at radius 1 is 0.875 bits per heavy atom. The van der Waals surface area contributed by atoms with Gasteiger partial charge in [0, 0.05) is 6.07 Å². The van der Waals surface area contributed by atoms with E-state index in [4.69, 9.17) is 0 Å². The van der Waals surface area contributed by atoms with Gasteiger partial charge in [-0.05, 0) is 72.8 Å². The number of aryl methyl sites for hydroxylation is 2. The van der Waals surface area contributed by atoms with Crippen LogP contribution in [-0.4, -0.2) is 19.7 Å². The zero-order valence-electron chi connectivity index (χ0n) is 20.4. The lowest BCUT2D eigenvalue weighted by molar-refractivity contribution is -0.388. The van der Waals surface area contributed by atoms with Gasteiger partial charge in [0.15, 0.2) is 0 Å². The van der Waals surface area contributed by atoms with Crippen LogP contribution in [0.3, 0.4) is 0 Å². The number of aromatic amines is 1. The molecule has 0 aliphatic heterocycles. The first kappa shape index (κ1) is 28.9. The number of nitro groups is 1. The zero-order valence-corrected chi connectivity index (χ0v) is 21.2. The molecule has 40 heavy (non-hydrogen) atoms. The minimum Gasteiger partial charge on any atom is -0.258 e. The average molecular weight is 583 g/mol. The fraction of sp³-hybridized carbons (Fsp3) is 0.231. The van der Waals surface area contributed by atoms with Crippen LogP contribution in [0.25, 0.3) is 5.69 Å². The Kier molecular flexibility index (Phi) is 8.37. The van der Waals surface area contributed by atoms with Crippen molar-refractivity contribution in [2.75, 3.05) is 0 Å². The van der Waals surface area contributed by atoms with Gasteiger partial charge in [-0.25, -0.2) is 14.5 Å². The number of nitrogens with one attached hydrogen (secondary N) is 1. The minimum atomic E-state index is -4.87. The number of aromatic nitrogens is 3. The summed E-state index contributed by atoms with van der Waals surface area (Å²) in [5.74, 6) is 0. The van der Waals surface area contributed by atoms with E-state index >= 15 is 0 Å². The summed E-state index contributed by atoms with van der Waals surface area (Å²) in [5.41, 5.74) is -3.46. The highest BCUT2D eigenvalue weighted by Gasteiger charge is 2.36. The highest BCUT2D eigenvalue weighted by atomic mass is 32.2. The number of rotatable bonds is 9. The first-order valence-electron chi connectivity index (χ1n) is 11.8. The van der Waals surface area contributed by atoms with Crippen LogP contribution in [0.2, 0.25) is 0 Å². The third kappa shape index (κ3) is 6.73. The Hall–Kier alpha value is -4.07. The van der Waals surface area contributed by atoms with E-state index in [-0.39, 0.29) is 4.90 Å². The van der Waals surface area contributed by atoms with Crippen LogP contribution >= 0.6 is 11.8 Å². The summed E-state index contributed by atoms with van der Waals surface area (Å²) < 4.78 is 82.0. The summed E-state index contributed by atoms with van der Waals surface area (Å²) in [6, 6.07) is 14.8. The molecule has 0 saturated carbocycles. The molecule has 1 aromatic heterocycles. The molecule has 1 N–H and O–H groups in total. The van der Waals surface area contributed by atoms with Gasteiger partial charge in [0.2, 0.25) is 5.16 Å². The standard InChI is InChI=1S/C26H20F6N4O3S/c27-25(28,29)18-11-13-22(21(15-18)36(38)39)40-24-34-33-23(37)35(24)20-12-10-17(14-19(20)26(30,31)32)9-5-4-8-16-6-2-1-3-7-16/h1-3,6-7,10-15H,4-5,8-9H2,(H,33,37). The monoisotopic (exact) mass is 582 g/mol. The number of hydrogen-bond donors (Lipinski definition) is 1. The van der Waals surface area contributed by atoms with Crippen molar-refractivity contribution >= 4 is 17.4 Å². The van der Waals surface area contributed by atoms with Gasteiger partial charge in [-0.2, -0.15) is 26.3 Å². The van der Waals surface area contributed by atoms with Gasteiger partial charge in [-0.1, -0.05) is 36.4 Å². The highest BCUT2D eigenvalue weighted by molar-refractivity contribution is 7.99. The molecule has 0 aliphatic carbocycles. The second kappa shape index (κ2) is 11.6. The molecular formula is C26H20F6N4O3S. The van der Waals surface area contributed by atoms with E-state index in [1.54, 1.807) is 0 Å². The maximum Gasteiger partial charge on any atom is 0.418 e. The van der Waals surface area contributed by atoms with Crippen molar-refractivity contribution in [2.45, 2.75) is 48.1 Å². The van der Waals surface area contributed by atoms with Crippen LogP contribution in [-0.2, 0) is 25.2 Å². The lowest BCUT2D eigenvalue weighted by Crippen LogP contribution is -2.20. The van der Waals surface area contributed by atoms with Crippen molar-refractivity contribution in [3.63, 3.8) is 0 Å². The molecule has 4 aromatic rings. The molecule has 0 bridgehead atoms. The molecule has 0 fully saturated rings. The number of halogens is 6. The third-order valence-electron chi connectivity index (χ3n) is 5.96. The van der Waals surface area contributed by atoms with Gasteiger partial charge in [0.05, 0.1) is 26.6 Å². The molecule has 0 saturated heterocycles. The van der Waals surface area contributed by atoms with Crippen LogP contribution in [0.4, 0.5) is 32.0 Å². The SMILES string of the molecule is O=c1[nH]nc(Sc2ccc(C(F)(F)F)cc2[N+](=O)[O-])n1-c1ccc(CCCCc2ccccc2)cc1C(F)(F)F. The molecule has 0 unspecified atom stereocenters. The fourth-order valence-corrected chi connectivity index (χ4v) is 4.98. The maximum absolute atomic E-state index is 14.1. The molecule has 14 heteroatoms. The van der Waals surface area contributed by atoms with Crippen LogP contribution in [0.1, 0.15) is 35.1 Å². The predicted molar refractivity (Wildman–Crippen MR) is 134 cm³/mol. The Labute approximate surface area is 227 Å². The summed E-state index contributed by atoms with van der Waals surface area (Å²) in [5, 5.41) is 16.7. The summed E-state index contributed by atoms with van der Waals surface area (Å²) >= 11 is 0.387. The van der Waals surface area contributed by atoms with E-state index in [0.29, 0.717) is 46.9 Å². The normalized spacial score (nSPS) is 12.1. The van der Waals surface area contributed by atoms with Crippen molar-refractivity contribution in [2.24, 2.45) is 0 Å². The molecule has 0 aliphatic rings. The van der Waals surface area contributed by atoms with E-state index < -0.39 is 50.6 Å². The molecule has 4 rings (SSSR count). The van der Waals surface area contributed by atoms with E-state index in [2.05, 4.69) is 5.10 Å². The molecule has 0 spiro atoms. The molecule has 7 nitrogen and oxygen atoms in total. The van der Waals surface area contributed by atoms with Gasteiger partial charge in [-0.3, -0.25) is 10.1 Å². The van der Waals surface area contributed by atoms with E-state index in [1.165, 1.54) is 6.07 Å². The van der Waals surface area contributed by atoms with E-state index in [1.807, 2.05) is 35.4 Å². The van der Waals surface area contributed by atoms with Gasteiger partial charge in [0.1, 0.15) is 0 Å². The Balaban J connectivity index is 1.63. The van der Waals surface area contributed by atoms with Crippen molar-refractivity contribution in [1.29, 1.82) is 0 Å². The largest absolute Gasteiger partial charge is 0.418 e. The zero-order chi connectivity index (χ0) is 29.1. The second-order valence-electron chi connectivity index (χ2n) is 8.73. The number of benzene rings is 3. The Morgan fingerprint density at radius 3 is 2.17 bits per heavy atom. The number of nitro benzene ring substituents is 1. The van der Waals surface area contributed by atoms with Crippen LogP contribution in [0.15, 0.2) is 81.6 Å². The van der Waals surface area contributed by atoms with Gasteiger partial charge >= 0.3 is 18.0 Å². The smallest absolute Gasteiger partial charge is 0.258 e. The van der Waals surface area contributed by atoms with Gasteiger partial charge in [0.25, 0.3) is 5.69 Å². The second-order valence-corrected chi connectivity index (χ2v) is 9.74. The van der Waals surface area contributed by atoms with Crippen LogP contribution in [0.5, 0.6) is 0 Å². The third-order valence-corrected chi connectivity index (χ3v) is 6.98. The Bertz CT molecular complexity index is 1570. The summed E-state index contributed by atoms with van der Waals surface area (Å²) in [6.07, 6.45) is -7.22. The molecule has 0 atom stereocenters. The molecular weight excluding hydrogens is 562 g/mol. The number of H-pyrrole nitrogens is 1. The van der Waals surface area contributed by atoms with Crippen LogP contribution in [0, 0.1) is 10.1 Å². The minimum absolute atomic E-state index is 0.311. The van der Waals surface area contributed by atoms with Crippen LogP contribution < -0.4 is 5.69 Å². The van der Waals surface area contributed by atoms with E-state index in [9.17, 15) is 41.3 Å². The van der Waals surface area contributed by atoms with E-state index in [0.717, 1.165) is 36.6 Å². The first-order valence-corrected chi connectivity index (χ1v) is 12.6. The van der Waals surface area contributed by atoms with Gasteiger partial charge in [-0.15, -0.1) is 5.10 Å². The predicted octanol–water partition coefficient (Wildman–Crippen LogP) is 7.22. The molecule has 210 valence electrons. The van der Waals surface area contributed by atoms with Crippen molar-refractivity contribution in [1.82, 2.24) is 14.8 Å².